The zero-order valence-corrected chi connectivity index (χ0v) is 10.8. The second-order valence-electron chi connectivity index (χ2n) is 3.78. The van der Waals surface area contributed by atoms with Crippen LogP contribution in [0.4, 0.5) is 0 Å². The molecule has 0 unspecified atom stereocenters. The molecule has 0 spiro atoms. The first-order valence-corrected chi connectivity index (χ1v) is 5.82. The molecule has 0 fully saturated rings. The van der Waals surface area contributed by atoms with E-state index in [4.69, 9.17) is 27.2 Å². The minimum Gasteiger partial charge on any atom is -0.478 e. The van der Waals surface area contributed by atoms with Crippen molar-refractivity contribution in [3.05, 3.63) is 52.7 Å². The summed E-state index contributed by atoms with van der Waals surface area (Å²) in [6.07, 6.45) is 0. The Morgan fingerprint density at radius 2 is 1.95 bits per heavy atom. The average molecular weight is 293 g/mol. The van der Waals surface area contributed by atoms with E-state index in [0.29, 0.717) is 0 Å². The topological polar surface area (TPSA) is 103 Å². The number of hydrogen-bond acceptors (Lipinski definition) is 4. The molecule has 7 heteroatoms. The van der Waals surface area contributed by atoms with Crippen LogP contribution in [0.15, 0.2) is 36.4 Å². The van der Waals surface area contributed by atoms with E-state index in [1.807, 2.05) is 0 Å². The molecule has 6 nitrogen and oxygen atoms in total. The molecule has 0 saturated carbocycles. The highest BCUT2D eigenvalue weighted by Crippen LogP contribution is 2.25. The van der Waals surface area contributed by atoms with Gasteiger partial charge in [-0.25, -0.2) is 9.78 Å². The van der Waals surface area contributed by atoms with E-state index in [0.717, 1.165) is 0 Å². The van der Waals surface area contributed by atoms with E-state index >= 15 is 0 Å². The number of rotatable bonds is 4. The molecule has 0 aliphatic carbocycles. The van der Waals surface area contributed by atoms with Gasteiger partial charge >= 0.3 is 5.97 Å². The van der Waals surface area contributed by atoms with Gasteiger partial charge in [-0.05, 0) is 18.2 Å². The Morgan fingerprint density at radius 1 is 1.25 bits per heavy atom. The lowest BCUT2D eigenvalue weighted by Gasteiger charge is -2.08. The van der Waals surface area contributed by atoms with Crippen LogP contribution in [0.25, 0.3) is 0 Å². The highest BCUT2D eigenvalue weighted by Gasteiger charge is 2.13. The number of carboxylic acid groups (broad SMARTS) is 1. The molecular weight excluding hydrogens is 284 g/mol. The summed E-state index contributed by atoms with van der Waals surface area (Å²) in [5.74, 6) is -1.70. The summed E-state index contributed by atoms with van der Waals surface area (Å²) in [4.78, 5) is 26.0. The minimum absolute atomic E-state index is 0.0311. The van der Waals surface area contributed by atoms with E-state index in [-0.39, 0.29) is 27.9 Å². The number of carbonyl (C=O) groups is 2. The van der Waals surface area contributed by atoms with E-state index in [1.165, 1.54) is 24.3 Å². The Bertz CT molecular complexity index is 688. The van der Waals surface area contributed by atoms with Crippen LogP contribution < -0.4 is 10.5 Å². The molecule has 1 heterocycles. The number of halogens is 1. The second-order valence-corrected chi connectivity index (χ2v) is 4.17. The lowest BCUT2D eigenvalue weighted by Crippen LogP contribution is -2.12. The van der Waals surface area contributed by atoms with Gasteiger partial charge in [-0.15, -0.1) is 0 Å². The molecule has 102 valence electrons. The standard InChI is InChI=1S/C13H9ClN2O4/c14-10-5-7(13(18)19)6-11(16-10)20-9-4-2-1-3-8(9)12(15)17/h1-6H,(H2,15,17)(H,18,19). The number of carbonyl (C=O) groups excluding carboxylic acids is 1. The summed E-state index contributed by atoms with van der Waals surface area (Å²) in [5, 5.41) is 8.90. The van der Waals surface area contributed by atoms with Crippen LogP contribution in [0, 0.1) is 0 Å². The largest absolute Gasteiger partial charge is 0.478 e. The molecule has 0 bridgehead atoms. The van der Waals surface area contributed by atoms with Crippen molar-refractivity contribution in [1.29, 1.82) is 0 Å². The van der Waals surface area contributed by atoms with Crippen molar-refractivity contribution in [3.63, 3.8) is 0 Å². The summed E-state index contributed by atoms with van der Waals surface area (Å²) in [6, 6.07) is 8.66. The third-order valence-electron chi connectivity index (χ3n) is 2.38. The summed E-state index contributed by atoms with van der Waals surface area (Å²) >= 11 is 5.72. The predicted octanol–water partition coefficient (Wildman–Crippen LogP) is 2.32. The number of aromatic carboxylic acids is 1. The van der Waals surface area contributed by atoms with Gasteiger partial charge in [0.1, 0.15) is 10.9 Å². The fourth-order valence-corrected chi connectivity index (χ4v) is 1.72. The maximum atomic E-state index is 11.3. The molecule has 0 radical (unpaired) electrons. The summed E-state index contributed by atoms with van der Waals surface area (Å²) in [6.45, 7) is 0. The van der Waals surface area contributed by atoms with E-state index in [1.54, 1.807) is 12.1 Å². The van der Waals surface area contributed by atoms with Crippen LogP contribution in [-0.4, -0.2) is 22.0 Å². The monoisotopic (exact) mass is 292 g/mol. The van der Waals surface area contributed by atoms with Crippen LogP contribution >= 0.6 is 11.6 Å². The zero-order valence-electron chi connectivity index (χ0n) is 10.0. The molecule has 2 rings (SSSR count). The maximum Gasteiger partial charge on any atom is 0.335 e. The third kappa shape index (κ3) is 3.04. The highest BCUT2D eigenvalue weighted by atomic mass is 35.5. The van der Waals surface area contributed by atoms with Crippen LogP contribution in [0.2, 0.25) is 5.15 Å². The first-order valence-electron chi connectivity index (χ1n) is 5.45. The van der Waals surface area contributed by atoms with Gasteiger partial charge in [0.2, 0.25) is 5.88 Å². The van der Waals surface area contributed by atoms with Crippen LogP contribution in [-0.2, 0) is 0 Å². The van der Waals surface area contributed by atoms with Gasteiger partial charge in [-0.1, -0.05) is 23.7 Å². The molecule has 0 atom stereocenters. The summed E-state index contributed by atoms with van der Waals surface area (Å²) in [7, 11) is 0. The minimum atomic E-state index is -1.16. The number of nitrogens with two attached hydrogens (primary N) is 1. The van der Waals surface area contributed by atoms with E-state index < -0.39 is 11.9 Å². The van der Waals surface area contributed by atoms with Gasteiger partial charge in [0.25, 0.3) is 5.91 Å². The number of nitrogens with zero attached hydrogens (tertiary/aromatic N) is 1. The van der Waals surface area contributed by atoms with Crippen molar-refractivity contribution in [3.8, 4) is 11.6 Å². The predicted molar refractivity (Wildman–Crippen MR) is 71.2 cm³/mol. The number of pyridine rings is 1. The van der Waals surface area contributed by atoms with Gasteiger partial charge in [0, 0.05) is 6.07 Å². The Morgan fingerprint density at radius 3 is 2.60 bits per heavy atom. The number of amides is 1. The highest BCUT2D eigenvalue weighted by molar-refractivity contribution is 6.29. The first-order chi connectivity index (χ1) is 9.47. The Hall–Kier alpha value is -2.60. The van der Waals surface area contributed by atoms with Crippen LogP contribution in [0.1, 0.15) is 20.7 Å². The SMILES string of the molecule is NC(=O)c1ccccc1Oc1cc(C(=O)O)cc(Cl)n1. The fraction of sp³-hybridized carbons (Fsp3) is 0. The maximum absolute atomic E-state index is 11.3. The second kappa shape index (κ2) is 5.58. The zero-order chi connectivity index (χ0) is 14.7. The van der Waals surface area contributed by atoms with Crippen molar-refractivity contribution in [2.75, 3.05) is 0 Å². The molecule has 1 aromatic carbocycles. The van der Waals surface area contributed by atoms with Gasteiger partial charge in [0.05, 0.1) is 11.1 Å². The number of benzene rings is 1. The van der Waals surface area contributed by atoms with Crippen molar-refractivity contribution in [2.24, 2.45) is 5.73 Å². The van der Waals surface area contributed by atoms with Gasteiger partial charge in [-0.3, -0.25) is 4.79 Å². The number of ether oxygens (including phenoxy) is 1. The number of hydrogen-bond donors (Lipinski definition) is 2. The lowest BCUT2D eigenvalue weighted by molar-refractivity contribution is 0.0696. The van der Waals surface area contributed by atoms with E-state index in [9.17, 15) is 9.59 Å². The quantitative estimate of drug-likeness (QED) is 0.842. The average Bonchev–Trinajstić information content (AvgIpc) is 2.38. The molecule has 1 aromatic heterocycles. The summed E-state index contributed by atoms with van der Waals surface area (Å²) in [5.41, 5.74) is 5.30. The Balaban J connectivity index is 2.40. The van der Waals surface area contributed by atoms with Crippen LogP contribution in [0.5, 0.6) is 11.6 Å². The first kappa shape index (κ1) is 13.8. The molecule has 20 heavy (non-hydrogen) atoms. The van der Waals surface area contributed by atoms with Crippen molar-refractivity contribution < 1.29 is 19.4 Å². The number of para-hydroxylation sites is 1. The van der Waals surface area contributed by atoms with Gasteiger partial charge < -0.3 is 15.6 Å². The Kier molecular flexibility index (Phi) is 3.86. The number of aromatic nitrogens is 1. The summed E-state index contributed by atoms with van der Waals surface area (Å²) < 4.78 is 5.38. The molecule has 3 N–H and O–H groups in total. The molecular formula is C13H9ClN2O4. The number of primary amides is 1. The smallest absolute Gasteiger partial charge is 0.335 e. The molecule has 0 saturated heterocycles. The molecule has 0 aliphatic heterocycles. The third-order valence-corrected chi connectivity index (χ3v) is 2.58. The molecule has 1 amide bonds. The van der Waals surface area contributed by atoms with Gasteiger partial charge in [0.15, 0.2) is 0 Å². The normalized spacial score (nSPS) is 10.1. The van der Waals surface area contributed by atoms with Crippen molar-refractivity contribution in [1.82, 2.24) is 4.98 Å². The van der Waals surface area contributed by atoms with E-state index in [2.05, 4.69) is 4.98 Å². The molecule has 0 aliphatic rings. The van der Waals surface area contributed by atoms with Crippen molar-refractivity contribution in [2.45, 2.75) is 0 Å². The van der Waals surface area contributed by atoms with Gasteiger partial charge in [-0.2, -0.15) is 0 Å². The van der Waals surface area contributed by atoms with Crippen molar-refractivity contribution >= 4 is 23.5 Å². The fourth-order valence-electron chi connectivity index (χ4n) is 1.52. The number of carboxylic acids is 1. The lowest BCUT2D eigenvalue weighted by atomic mass is 10.2. The molecule has 2 aromatic rings. The van der Waals surface area contributed by atoms with Crippen LogP contribution in [0.3, 0.4) is 0 Å². The Labute approximate surface area is 118 Å².